The highest BCUT2D eigenvalue weighted by Gasteiger charge is 2.40. The Balaban J connectivity index is 0.00000162. The molecule has 2 aliphatic rings. The molecule has 4 nitrogen and oxygen atoms in total. The highest BCUT2D eigenvalue weighted by molar-refractivity contribution is 5.85. The SMILES string of the molecule is COC1(C(=O)NC2CCCCC2)CCNCC1.Cl. The van der Waals surface area contributed by atoms with Crippen LogP contribution in [0, 0.1) is 0 Å². The number of hydrogen-bond donors (Lipinski definition) is 2. The van der Waals surface area contributed by atoms with Gasteiger partial charge in [-0.25, -0.2) is 0 Å². The van der Waals surface area contributed by atoms with Crippen molar-refractivity contribution in [2.24, 2.45) is 0 Å². The first-order chi connectivity index (χ1) is 8.27. The molecule has 0 unspecified atom stereocenters. The van der Waals surface area contributed by atoms with Crippen molar-refractivity contribution in [2.75, 3.05) is 20.2 Å². The predicted octanol–water partition coefficient (Wildman–Crippen LogP) is 1.63. The highest BCUT2D eigenvalue weighted by Crippen LogP contribution is 2.24. The largest absolute Gasteiger partial charge is 0.368 e. The van der Waals surface area contributed by atoms with Crippen molar-refractivity contribution in [2.45, 2.75) is 56.6 Å². The van der Waals surface area contributed by atoms with Crippen LogP contribution in [0.15, 0.2) is 0 Å². The lowest BCUT2D eigenvalue weighted by Gasteiger charge is -2.36. The van der Waals surface area contributed by atoms with E-state index in [-0.39, 0.29) is 18.3 Å². The molecule has 0 aromatic carbocycles. The van der Waals surface area contributed by atoms with Crippen LogP contribution in [-0.4, -0.2) is 37.7 Å². The summed E-state index contributed by atoms with van der Waals surface area (Å²) in [6.07, 6.45) is 7.61. The monoisotopic (exact) mass is 276 g/mol. The van der Waals surface area contributed by atoms with Crippen LogP contribution < -0.4 is 10.6 Å². The summed E-state index contributed by atoms with van der Waals surface area (Å²) in [5, 5.41) is 6.46. The van der Waals surface area contributed by atoms with Crippen LogP contribution in [0.3, 0.4) is 0 Å². The van der Waals surface area contributed by atoms with Crippen LogP contribution in [0.25, 0.3) is 0 Å². The third-order valence-corrected chi connectivity index (χ3v) is 4.16. The van der Waals surface area contributed by atoms with Gasteiger partial charge in [-0.15, -0.1) is 12.4 Å². The molecule has 1 aliphatic carbocycles. The van der Waals surface area contributed by atoms with Gasteiger partial charge in [0.25, 0.3) is 5.91 Å². The number of rotatable bonds is 3. The van der Waals surface area contributed by atoms with Gasteiger partial charge in [-0.05, 0) is 38.8 Å². The smallest absolute Gasteiger partial charge is 0.252 e. The number of nitrogens with one attached hydrogen (secondary N) is 2. The van der Waals surface area contributed by atoms with Crippen molar-refractivity contribution in [1.82, 2.24) is 10.6 Å². The van der Waals surface area contributed by atoms with Crippen LogP contribution in [0.4, 0.5) is 0 Å². The first-order valence-electron chi connectivity index (χ1n) is 6.84. The molecule has 2 rings (SSSR count). The molecule has 0 spiro atoms. The molecule has 1 amide bonds. The zero-order valence-electron chi connectivity index (χ0n) is 11.2. The Kier molecular flexibility index (Phi) is 6.39. The lowest BCUT2D eigenvalue weighted by molar-refractivity contribution is -0.147. The van der Waals surface area contributed by atoms with Gasteiger partial charge >= 0.3 is 0 Å². The summed E-state index contributed by atoms with van der Waals surface area (Å²) >= 11 is 0. The van der Waals surface area contributed by atoms with Gasteiger partial charge in [-0.3, -0.25) is 4.79 Å². The molecule has 2 fully saturated rings. The second-order valence-electron chi connectivity index (χ2n) is 5.26. The maximum atomic E-state index is 12.4. The molecule has 0 bridgehead atoms. The van der Waals surface area contributed by atoms with E-state index in [0.29, 0.717) is 6.04 Å². The van der Waals surface area contributed by atoms with E-state index in [2.05, 4.69) is 10.6 Å². The third kappa shape index (κ3) is 3.59. The number of methoxy groups -OCH3 is 1. The lowest BCUT2D eigenvalue weighted by Crippen LogP contribution is -2.56. The first kappa shape index (κ1) is 15.7. The summed E-state index contributed by atoms with van der Waals surface area (Å²) in [5.41, 5.74) is -0.581. The summed E-state index contributed by atoms with van der Waals surface area (Å²) < 4.78 is 5.53. The average Bonchev–Trinajstić information content (AvgIpc) is 2.40. The Morgan fingerprint density at radius 3 is 2.39 bits per heavy atom. The number of amides is 1. The first-order valence-corrected chi connectivity index (χ1v) is 6.84. The van der Waals surface area contributed by atoms with Gasteiger partial charge in [-0.2, -0.15) is 0 Å². The standard InChI is InChI=1S/C13H24N2O2.ClH/c1-17-13(7-9-14-10-8-13)12(16)15-11-5-3-2-4-6-11;/h11,14H,2-10H2,1H3,(H,15,16);1H. The van der Waals surface area contributed by atoms with Crippen LogP contribution in [-0.2, 0) is 9.53 Å². The van der Waals surface area contributed by atoms with E-state index in [1.807, 2.05) is 0 Å². The number of piperidine rings is 1. The molecule has 0 radical (unpaired) electrons. The lowest BCUT2D eigenvalue weighted by atomic mass is 9.89. The zero-order chi connectivity index (χ0) is 12.1. The predicted molar refractivity (Wildman–Crippen MR) is 74.1 cm³/mol. The Morgan fingerprint density at radius 2 is 1.83 bits per heavy atom. The molecule has 0 aromatic rings. The number of carbonyl (C=O) groups is 1. The van der Waals surface area contributed by atoms with E-state index in [9.17, 15) is 4.79 Å². The van der Waals surface area contributed by atoms with Gasteiger partial charge in [0.05, 0.1) is 0 Å². The normalized spacial score (nSPS) is 24.1. The fourth-order valence-corrected chi connectivity index (χ4v) is 2.92. The topological polar surface area (TPSA) is 50.4 Å². The highest BCUT2D eigenvalue weighted by atomic mass is 35.5. The van der Waals surface area contributed by atoms with Gasteiger partial charge in [0.15, 0.2) is 0 Å². The summed E-state index contributed by atoms with van der Waals surface area (Å²) in [6.45, 7) is 1.73. The maximum absolute atomic E-state index is 12.4. The fraction of sp³-hybridized carbons (Fsp3) is 0.923. The van der Waals surface area contributed by atoms with E-state index in [1.165, 1.54) is 19.3 Å². The van der Waals surface area contributed by atoms with E-state index in [1.54, 1.807) is 7.11 Å². The van der Waals surface area contributed by atoms with Crippen molar-refractivity contribution < 1.29 is 9.53 Å². The van der Waals surface area contributed by atoms with Crippen molar-refractivity contribution in [3.8, 4) is 0 Å². The second-order valence-corrected chi connectivity index (χ2v) is 5.26. The average molecular weight is 277 g/mol. The Morgan fingerprint density at radius 1 is 1.22 bits per heavy atom. The van der Waals surface area contributed by atoms with Crippen molar-refractivity contribution in [3.05, 3.63) is 0 Å². The molecule has 2 N–H and O–H groups in total. The number of hydrogen-bond acceptors (Lipinski definition) is 3. The van der Waals surface area contributed by atoms with Crippen LogP contribution >= 0.6 is 12.4 Å². The zero-order valence-corrected chi connectivity index (χ0v) is 12.0. The molecule has 5 heteroatoms. The van der Waals surface area contributed by atoms with Gasteiger partial charge in [0, 0.05) is 13.2 Å². The fourth-order valence-electron chi connectivity index (χ4n) is 2.92. The van der Waals surface area contributed by atoms with Gasteiger partial charge in [-0.1, -0.05) is 19.3 Å². The molecule has 18 heavy (non-hydrogen) atoms. The quantitative estimate of drug-likeness (QED) is 0.824. The van der Waals surface area contributed by atoms with E-state index in [4.69, 9.17) is 4.74 Å². The van der Waals surface area contributed by atoms with Gasteiger partial charge < -0.3 is 15.4 Å². The van der Waals surface area contributed by atoms with Crippen LogP contribution in [0.2, 0.25) is 0 Å². The minimum absolute atomic E-state index is 0. The van der Waals surface area contributed by atoms with Crippen LogP contribution in [0.1, 0.15) is 44.9 Å². The van der Waals surface area contributed by atoms with Crippen molar-refractivity contribution in [1.29, 1.82) is 0 Å². The number of halogens is 1. The Labute approximate surface area is 116 Å². The Bertz CT molecular complexity index is 262. The molecule has 0 aromatic heterocycles. The third-order valence-electron chi connectivity index (χ3n) is 4.16. The summed E-state index contributed by atoms with van der Waals surface area (Å²) in [5.74, 6) is 0.105. The summed E-state index contributed by atoms with van der Waals surface area (Å²) in [4.78, 5) is 12.4. The maximum Gasteiger partial charge on any atom is 0.252 e. The molecule has 0 atom stereocenters. The molecule has 1 heterocycles. The number of ether oxygens (including phenoxy) is 1. The van der Waals surface area contributed by atoms with Gasteiger partial charge in [0.1, 0.15) is 5.60 Å². The molecular formula is C13H25ClN2O2. The molecule has 1 saturated heterocycles. The van der Waals surface area contributed by atoms with Gasteiger partial charge in [0.2, 0.25) is 0 Å². The van der Waals surface area contributed by atoms with Crippen molar-refractivity contribution >= 4 is 18.3 Å². The molecular weight excluding hydrogens is 252 g/mol. The second kappa shape index (κ2) is 7.31. The Hall–Kier alpha value is -0.320. The minimum Gasteiger partial charge on any atom is -0.368 e. The van der Waals surface area contributed by atoms with Crippen LogP contribution in [0.5, 0.6) is 0 Å². The molecule has 106 valence electrons. The van der Waals surface area contributed by atoms with Crippen molar-refractivity contribution in [3.63, 3.8) is 0 Å². The van der Waals surface area contributed by atoms with E-state index < -0.39 is 5.60 Å². The van der Waals surface area contributed by atoms with E-state index in [0.717, 1.165) is 38.8 Å². The summed E-state index contributed by atoms with van der Waals surface area (Å²) in [6, 6.07) is 0.373. The summed E-state index contributed by atoms with van der Waals surface area (Å²) in [7, 11) is 1.66. The van der Waals surface area contributed by atoms with E-state index >= 15 is 0 Å². The molecule has 1 aliphatic heterocycles. The minimum atomic E-state index is -0.581. The molecule has 1 saturated carbocycles. The number of carbonyl (C=O) groups excluding carboxylic acids is 1.